The molecule has 0 aromatic heterocycles. The molecule has 2 saturated heterocycles. The molecular formula is C7H9NO2S. The van der Waals surface area contributed by atoms with Crippen molar-refractivity contribution in [3.8, 4) is 0 Å². The van der Waals surface area contributed by atoms with E-state index in [0.717, 1.165) is 13.0 Å². The molecule has 0 N–H and O–H groups in total. The molecule has 4 heteroatoms. The van der Waals surface area contributed by atoms with E-state index in [1.165, 1.54) is 18.7 Å². The number of likely N-dealkylation sites (tertiary alicyclic amines) is 1. The first-order valence-corrected chi connectivity index (χ1v) is 4.54. The maximum absolute atomic E-state index is 11.1. The molecule has 60 valence electrons. The van der Waals surface area contributed by atoms with Crippen LogP contribution in [0.5, 0.6) is 0 Å². The molecule has 0 spiro atoms. The van der Waals surface area contributed by atoms with E-state index in [4.69, 9.17) is 0 Å². The highest BCUT2D eigenvalue weighted by Crippen LogP contribution is 2.38. The molecule has 2 rings (SSSR count). The van der Waals surface area contributed by atoms with Crippen molar-refractivity contribution in [2.24, 2.45) is 0 Å². The van der Waals surface area contributed by atoms with Crippen LogP contribution in [0, 0.1) is 0 Å². The van der Waals surface area contributed by atoms with Gasteiger partial charge in [0.25, 0.3) is 0 Å². The summed E-state index contributed by atoms with van der Waals surface area (Å²) in [6.07, 6.45) is 0.878. The zero-order chi connectivity index (χ0) is 8.01. The van der Waals surface area contributed by atoms with Gasteiger partial charge in [-0.2, -0.15) is 0 Å². The van der Waals surface area contributed by atoms with Crippen molar-refractivity contribution in [3.05, 3.63) is 0 Å². The molecule has 3 nitrogen and oxygen atoms in total. The summed E-state index contributed by atoms with van der Waals surface area (Å²) in [4.78, 5) is 23.7. The molecule has 2 atom stereocenters. The third-order valence-corrected chi connectivity index (χ3v) is 3.40. The van der Waals surface area contributed by atoms with Gasteiger partial charge in [0, 0.05) is 18.7 Å². The van der Waals surface area contributed by atoms with Crippen molar-refractivity contribution in [1.82, 2.24) is 4.90 Å². The standard InChI is InChI=1S/C7H9NO2S/c1-4(9)8-3-5-2-6(8)7(10)11-5/h5-6H,2-3H2,1H3/t5?,6-/m0/s1. The van der Waals surface area contributed by atoms with E-state index in [1.54, 1.807) is 4.90 Å². The molecule has 0 saturated carbocycles. The number of carbonyl (C=O) groups excluding carboxylic acids is 2. The average Bonchev–Trinajstić information content (AvgIpc) is 2.43. The van der Waals surface area contributed by atoms with Gasteiger partial charge in [-0.05, 0) is 6.42 Å². The van der Waals surface area contributed by atoms with Gasteiger partial charge in [0.2, 0.25) is 11.0 Å². The fourth-order valence-corrected chi connectivity index (χ4v) is 2.92. The van der Waals surface area contributed by atoms with Crippen LogP contribution >= 0.6 is 11.8 Å². The van der Waals surface area contributed by atoms with E-state index < -0.39 is 0 Å². The summed E-state index contributed by atoms with van der Waals surface area (Å²) in [6, 6.07) is -0.0949. The highest BCUT2D eigenvalue weighted by Gasteiger charge is 2.45. The SMILES string of the molecule is CC(=O)N1CC2C[C@H]1C(=O)S2. The Labute approximate surface area is 69.1 Å². The summed E-state index contributed by atoms with van der Waals surface area (Å²) >= 11 is 1.40. The van der Waals surface area contributed by atoms with Crippen LogP contribution in [0.1, 0.15) is 13.3 Å². The number of carbonyl (C=O) groups is 2. The normalized spacial score (nSPS) is 35.0. The van der Waals surface area contributed by atoms with Crippen molar-refractivity contribution >= 4 is 22.8 Å². The van der Waals surface area contributed by atoms with Gasteiger partial charge < -0.3 is 4.90 Å². The predicted octanol–water partition coefficient (Wildman–Crippen LogP) is 0.249. The fourth-order valence-electron chi connectivity index (χ4n) is 1.70. The second kappa shape index (κ2) is 2.24. The molecule has 0 aromatic rings. The van der Waals surface area contributed by atoms with E-state index in [2.05, 4.69) is 0 Å². The van der Waals surface area contributed by atoms with Gasteiger partial charge in [0.15, 0.2) is 0 Å². The number of nitrogens with zero attached hydrogens (tertiary/aromatic N) is 1. The first-order chi connectivity index (χ1) is 5.18. The Morgan fingerprint density at radius 1 is 1.73 bits per heavy atom. The Kier molecular flexibility index (Phi) is 1.45. The van der Waals surface area contributed by atoms with E-state index in [9.17, 15) is 9.59 Å². The molecule has 2 aliphatic rings. The zero-order valence-electron chi connectivity index (χ0n) is 6.24. The number of hydrogen-bond donors (Lipinski definition) is 0. The average molecular weight is 171 g/mol. The van der Waals surface area contributed by atoms with E-state index in [0.29, 0.717) is 5.25 Å². The highest BCUT2D eigenvalue weighted by molar-refractivity contribution is 8.14. The van der Waals surface area contributed by atoms with Crippen molar-refractivity contribution < 1.29 is 9.59 Å². The van der Waals surface area contributed by atoms with Crippen molar-refractivity contribution in [3.63, 3.8) is 0 Å². The third kappa shape index (κ3) is 0.965. The van der Waals surface area contributed by atoms with Crippen LogP contribution in [0.15, 0.2) is 0 Å². The molecule has 1 amide bonds. The lowest BCUT2D eigenvalue weighted by atomic mass is 10.2. The topological polar surface area (TPSA) is 37.4 Å². The largest absolute Gasteiger partial charge is 0.331 e. The van der Waals surface area contributed by atoms with Gasteiger partial charge in [0.05, 0.1) is 0 Å². The van der Waals surface area contributed by atoms with E-state index in [1.807, 2.05) is 0 Å². The quantitative estimate of drug-likeness (QED) is 0.524. The van der Waals surface area contributed by atoms with Crippen LogP contribution in [-0.2, 0) is 9.59 Å². The van der Waals surface area contributed by atoms with Gasteiger partial charge >= 0.3 is 0 Å². The first-order valence-electron chi connectivity index (χ1n) is 3.66. The second-order valence-corrected chi connectivity index (χ2v) is 4.29. The summed E-state index contributed by atoms with van der Waals surface area (Å²) in [5.41, 5.74) is 0. The lowest BCUT2D eigenvalue weighted by Gasteiger charge is -2.23. The Morgan fingerprint density at radius 2 is 2.45 bits per heavy atom. The first kappa shape index (κ1) is 7.16. The lowest BCUT2D eigenvalue weighted by molar-refractivity contribution is -0.133. The van der Waals surface area contributed by atoms with E-state index >= 15 is 0 Å². The van der Waals surface area contributed by atoms with Crippen molar-refractivity contribution in [2.75, 3.05) is 6.54 Å². The minimum atomic E-state index is -0.0949. The Hall–Kier alpha value is -0.510. The Morgan fingerprint density at radius 3 is 2.82 bits per heavy atom. The van der Waals surface area contributed by atoms with Crippen LogP contribution in [0.3, 0.4) is 0 Å². The summed E-state index contributed by atoms with van der Waals surface area (Å²) in [7, 11) is 0. The molecule has 2 aliphatic heterocycles. The second-order valence-electron chi connectivity index (χ2n) is 2.98. The number of amides is 1. The zero-order valence-corrected chi connectivity index (χ0v) is 7.06. The summed E-state index contributed by atoms with van der Waals surface area (Å²) < 4.78 is 0. The van der Waals surface area contributed by atoms with Gasteiger partial charge in [0.1, 0.15) is 6.04 Å². The Balaban J connectivity index is 2.18. The number of rotatable bonds is 0. The summed E-state index contributed by atoms with van der Waals surface area (Å²) in [6.45, 7) is 2.30. The number of hydrogen-bond acceptors (Lipinski definition) is 3. The van der Waals surface area contributed by atoms with Crippen LogP contribution < -0.4 is 0 Å². The molecule has 2 bridgehead atoms. The highest BCUT2D eigenvalue weighted by atomic mass is 32.2. The van der Waals surface area contributed by atoms with Gasteiger partial charge in [-0.15, -0.1) is 0 Å². The summed E-state index contributed by atoms with van der Waals surface area (Å²) in [5, 5.41) is 0.563. The smallest absolute Gasteiger partial charge is 0.220 e. The molecule has 2 fully saturated rings. The molecule has 0 aromatic carbocycles. The minimum Gasteiger partial charge on any atom is -0.331 e. The number of thioether (sulfide) groups is 1. The van der Waals surface area contributed by atoms with Crippen molar-refractivity contribution in [2.45, 2.75) is 24.6 Å². The monoisotopic (exact) mass is 171 g/mol. The summed E-state index contributed by atoms with van der Waals surface area (Å²) in [5.74, 6) is 0.0335. The molecule has 0 radical (unpaired) electrons. The molecule has 0 aliphatic carbocycles. The van der Waals surface area contributed by atoms with Crippen LogP contribution in [-0.4, -0.2) is 33.8 Å². The number of fused-ring (bicyclic) bond motifs is 2. The minimum absolute atomic E-state index is 0.0335. The van der Waals surface area contributed by atoms with Crippen LogP contribution in [0.25, 0.3) is 0 Å². The van der Waals surface area contributed by atoms with Crippen LogP contribution in [0.4, 0.5) is 0 Å². The Bertz CT molecular complexity index is 228. The van der Waals surface area contributed by atoms with E-state index in [-0.39, 0.29) is 17.1 Å². The van der Waals surface area contributed by atoms with Gasteiger partial charge in [-0.25, -0.2) is 0 Å². The van der Waals surface area contributed by atoms with Crippen LogP contribution in [0.2, 0.25) is 0 Å². The maximum atomic E-state index is 11.1. The molecule has 11 heavy (non-hydrogen) atoms. The lowest BCUT2D eigenvalue weighted by Crippen LogP contribution is -2.40. The maximum Gasteiger partial charge on any atom is 0.220 e. The fraction of sp³-hybridized carbons (Fsp3) is 0.714. The van der Waals surface area contributed by atoms with Crippen molar-refractivity contribution in [1.29, 1.82) is 0 Å². The molecule has 2 heterocycles. The third-order valence-electron chi connectivity index (χ3n) is 2.22. The predicted molar refractivity (Wildman–Crippen MR) is 42.2 cm³/mol. The molecular weight excluding hydrogens is 162 g/mol. The van der Waals surface area contributed by atoms with Gasteiger partial charge in [-0.1, -0.05) is 11.8 Å². The molecule has 1 unspecified atom stereocenters. The van der Waals surface area contributed by atoms with Gasteiger partial charge in [-0.3, -0.25) is 9.59 Å².